The fourth-order valence-corrected chi connectivity index (χ4v) is 5.98. The molecule has 3 rings (SSSR count). The Morgan fingerprint density at radius 1 is 1.48 bits per heavy atom. The van der Waals surface area contributed by atoms with E-state index in [-0.39, 0.29) is 11.3 Å². The predicted octanol–water partition coefficient (Wildman–Crippen LogP) is 6.50. The summed E-state index contributed by atoms with van der Waals surface area (Å²) in [5.74, 6) is 0.0838. The molecule has 0 aromatic heterocycles. The van der Waals surface area contributed by atoms with Crippen LogP contribution in [0.4, 0.5) is 0 Å². The molecule has 2 atom stereocenters. The number of unbranched alkanes of at least 4 members (excludes halogenated alkanes) is 1. The van der Waals surface area contributed by atoms with Gasteiger partial charge in [-0.3, -0.25) is 0 Å². The molecule has 1 aromatic carbocycles. The van der Waals surface area contributed by atoms with Crippen LogP contribution in [0.5, 0.6) is 5.75 Å². The molecule has 4 heteroatoms. The van der Waals surface area contributed by atoms with Crippen LogP contribution in [-0.4, -0.2) is 16.7 Å². The van der Waals surface area contributed by atoms with Crippen molar-refractivity contribution >= 4 is 28.6 Å². The minimum atomic E-state index is -0.848. The molecule has 1 aliphatic heterocycles. The highest BCUT2D eigenvalue weighted by Crippen LogP contribution is 2.60. The minimum Gasteiger partial charge on any atom is -0.487 e. The lowest BCUT2D eigenvalue weighted by Gasteiger charge is -2.55. The molecule has 2 aliphatic rings. The van der Waals surface area contributed by atoms with E-state index < -0.39 is 11.6 Å². The molecular formula is C23H29IO3. The smallest absolute Gasteiger partial charge is 0.337 e. The summed E-state index contributed by atoms with van der Waals surface area (Å²) in [5, 5.41) is 9.94. The van der Waals surface area contributed by atoms with Crippen LogP contribution < -0.4 is 4.74 Å². The van der Waals surface area contributed by atoms with Crippen LogP contribution in [0.3, 0.4) is 0 Å². The lowest BCUT2D eigenvalue weighted by Crippen LogP contribution is -2.54. The Morgan fingerprint density at radius 3 is 2.78 bits per heavy atom. The number of aryl methyl sites for hydroxylation is 1. The van der Waals surface area contributed by atoms with E-state index in [1.165, 1.54) is 5.57 Å². The van der Waals surface area contributed by atoms with Crippen molar-refractivity contribution in [1.29, 1.82) is 0 Å². The van der Waals surface area contributed by atoms with E-state index in [1.807, 2.05) is 12.1 Å². The van der Waals surface area contributed by atoms with Crippen molar-refractivity contribution in [3.63, 3.8) is 0 Å². The molecule has 0 amide bonds. The molecule has 1 heterocycles. The number of hydrogen-bond acceptors (Lipinski definition) is 2. The summed E-state index contributed by atoms with van der Waals surface area (Å²) in [7, 11) is 0. The zero-order valence-electron chi connectivity index (χ0n) is 16.7. The Labute approximate surface area is 176 Å². The van der Waals surface area contributed by atoms with Crippen molar-refractivity contribution in [1.82, 2.24) is 0 Å². The quantitative estimate of drug-likeness (QED) is 0.387. The van der Waals surface area contributed by atoms with Crippen LogP contribution in [0, 0.1) is 8.99 Å². The number of benzene rings is 1. The number of halogens is 1. The maximum absolute atomic E-state index is 12.1. The fourth-order valence-electron chi connectivity index (χ4n) is 4.80. The van der Waals surface area contributed by atoms with E-state index in [1.54, 1.807) is 0 Å². The summed E-state index contributed by atoms with van der Waals surface area (Å²) >= 11 is 2.22. The van der Waals surface area contributed by atoms with Gasteiger partial charge in [-0.15, -0.1) is 6.58 Å². The Hall–Kier alpha value is -1.30. The maximum Gasteiger partial charge on any atom is 0.337 e. The molecule has 3 nitrogen and oxygen atoms in total. The molecule has 0 radical (unpaired) electrons. The SMILES string of the molecule is C=C[C@@]12CCC(C)=CC1c1c(cc(CCCC)c(C(=O)O)c1I)OC2(C)C. The number of carboxylic acid groups (broad SMARTS) is 1. The summed E-state index contributed by atoms with van der Waals surface area (Å²) in [6.07, 6.45) is 9.10. The molecule has 0 spiro atoms. The number of allylic oxidation sites excluding steroid dienone is 2. The number of rotatable bonds is 5. The van der Waals surface area contributed by atoms with Crippen molar-refractivity contribution < 1.29 is 14.6 Å². The number of hydrogen-bond donors (Lipinski definition) is 1. The summed E-state index contributed by atoms with van der Waals surface area (Å²) in [6, 6.07) is 1.99. The van der Waals surface area contributed by atoms with Gasteiger partial charge in [-0.2, -0.15) is 0 Å². The normalized spacial score (nSPS) is 25.7. The van der Waals surface area contributed by atoms with Gasteiger partial charge >= 0.3 is 5.97 Å². The first-order valence-corrected chi connectivity index (χ1v) is 10.8. The van der Waals surface area contributed by atoms with Gasteiger partial charge in [0.05, 0.1) is 5.56 Å². The Morgan fingerprint density at radius 2 is 2.19 bits per heavy atom. The Kier molecular flexibility index (Phi) is 5.50. The molecule has 1 N–H and O–H groups in total. The second-order valence-corrected chi connectivity index (χ2v) is 9.47. The summed E-state index contributed by atoms with van der Waals surface area (Å²) < 4.78 is 7.38. The third-order valence-electron chi connectivity index (χ3n) is 6.46. The summed E-state index contributed by atoms with van der Waals surface area (Å²) in [4.78, 5) is 12.1. The first kappa shape index (κ1) is 20.4. The van der Waals surface area contributed by atoms with Crippen LogP contribution in [-0.2, 0) is 6.42 Å². The third-order valence-corrected chi connectivity index (χ3v) is 7.58. The van der Waals surface area contributed by atoms with E-state index in [4.69, 9.17) is 4.74 Å². The van der Waals surface area contributed by atoms with Crippen LogP contribution in [0.25, 0.3) is 0 Å². The summed E-state index contributed by atoms with van der Waals surface area (Å²) in [5.41, 5.74) is 3.06. The molecule has 1 aromatic rings. The largest absolute Gasteiger partial charge is 0.487 e. The average molecular weight is 480 g/mol. The second kappa shape index (κ2) is 7.26. The number of carbonyl (C=O) groups is 1. The number of carboxylic acids is 1. The van der Waals surface area contributed by atoms with Crippen molar-refractivity contribution in [3.8, 4) is 5.75 Å². The highest BCUT2D eigenvalue weighted by molar-refractivity contribution is 14.1. The first-order chi connectivity index (χ1) is 12.7. The van der Waals surface area contributed by atoms with E-state index in [2.05, 4.69) is 62.9 Å². The number of fused-ring (bicyclic) bond motifs is 3. The van der Waals surface area contributed by atoms with Gasteiger partial charge in [0.15, 0.2) is 0 Å². The lowest BCUT2D eigenvalue weighted by molar-refractivity contribution is -0.0378. The Balaban J connectivity index is 2.30. The van der Waals surface area contributed by atoms with Crippen molar-refractivity contribution in [2.24, 2.45) is 5.41 Å². The molecule has 0 saturated heterocycles. The minimum absolute atomic E-state index is 0.0905. The van der Waals surface area contributed by atoms with Crippen LogP contribution in [0.15, 0.2) is 30.4 Å². The van der Waals surface area contributed by atoms with Crippen LogP contribution in [0.2, 0.25) is 0 Å². The van der Waals surface area contributed by atoms with E-state index in [0.717, 1.165) is 52.6 Å². The number of ether oxygens (including phenoxy) is 1. The van der Waals surface area contributed by atoms with Crippen LogP contribution in [0.1, 0.15) is 80.8 Å². The van der Waals surface area contributed by atoms with E-state index >= 15 is 0 Å². The van der Waals surface area contributed by atoms with Gasteiger partial charge in [-0.05, 0) is 80.7 Å². The maximum atomic E-state index is 12.1. The highest BCUT2D eigenvalue weighted by Gasteiger charge is 2.55. The summed E-state index contributed by atoms with van der Waals surface area (Å²) in [6.45, 7) is 12.7. The standard InChI is InChI=1S/C23H29IO3/c1-6-8-9-15-13-17-19(20(24)18(15)21(25)26)16-12-14(3)10-11-23(16,7-2)22(4,5)27-17/h7,12-13,16H,2,6,8-11H2,1,3-5H3,(H,25,26)/t16?,23-/m1/s1. The topological polar surface area (TPSA) is 46.5 Å². The van der Waals surface area contributed by atoms with Gasteiger partial charge in [0.2, 0.25) is 0 Å². The molecule has 27 heavy (non-hydrogen) atoms. The van der Waals surface area contributed by atoms with Gasteiger partial charge in [0, 0.05) is 20.5 Å². The second-order valence-electron chi connectivity index (χ2n) is 8.39. The highest BCUT2D eigenvalue weighted by atomic mass is 127. The molecule has 1 aliphatic carbocycles. The molecule has 0 bridgehead atoms. The first-order valence-electron chi connectivity index (χ1n) is 9.77. The monoisotopic (exact) mass is 480 g/mol. The van der Waals surface area contributed by atoms with E-state index in [0.29, 0.717) is 5.56 Å². The lowest BCUT2D eigenvalue weighted by atomic mass is 9.56. The van der Waals surface area contributed by atoms with Gasteiger partial charge in [-0.1, -0.05) is 31.1 Å². The molecule has 1 unspecified atom stereocenters. The van der Waals surface area contributed by atoms with Gasteiger partial charge in [0.1, 0.15) is 11.4 Å². The van der Waals surface area contributed by atoms with Gasteiger partial charge in [0.25, 0.3) is 0 Å². The van der Waals surface area contributed by atoms with Crippen molar-refractivity contribution in [3.05, 3.63) is 50.6 Å². The van der Waals surface area contributed by atoms with Crippen molar-refractivity contribution in [2.45, 2.75) is 71.3 Å². The molecule has 0 fully saturated rings. The van der Waals surface area contributed by atoms with E-state index in [9.17, 15) is 9.90 Å². The average Bonchev–Trinajstić information content (AvgIpc) is 2.58. The molecule has 146 valence electrons. The zero-order chi connectivity index (χ0) is 20.0. The molecule has 0 saturated carbocycles. The Bertz CT molecular complexity index is 821. The number of aromatic carboxylic acids is 1. The fraction of sp³-hybridized carbons (Fsp3) is 0.522. The van der Waals surface area contributed by atoms with Gasteiger partial charge in [-0.25, -0.2) is 4.79 Å². The van der Waals surface area contributed by atoms with Crippen molar-refractivity contribution in [2.75, 3.05) is 0 Å². The predicted molar refractivity (Wildman–Crippen MR) is 118 cm³/mol. The zero-order valence-corrected chi connectivity index (χ0v) is 18.9. The third kappa shape index (κ3) is 3.14. The van der Waals surface area contributed by atoms with Gasteiger partial charge < -0.3 is 9.84 Å². The van der Waals surface area contributed by atoms with Crippen LogP contribution >= 0.6 is 22.6 Å². The molecular weight excluding hydrogens is 451 g/mol.